The second kappa shape index (κ2) is 4.73. The number of carbonyl (C=O) groups excluding carboxylic acids is 1. The predicted molar refractivity (Wildman–Crippen MR) is 60.6 cm³/mol. The van der Waals surface area contributed by atoms with Crippen molar-refractivity contribution in [2.45, 2.75) is 19.5 Å². The summed E-state index contributed by atoms with van der Waals surface area (Å²) in [6, 6.07) is -0.722. The van der Waals surface area contributed by atoms with Crippen molar-refractivity contribution in [1.29, 1.82) is 0 Å². The summed E-state index contributed by atoms with van der Waals surface area (Å²) in [5, 5.41) is 19.5. The van der Waals surface area contributed by atoms with E-state index in [1.807, 2.05) is 14.0 Å². The van der Waals surface area contributed by atoms with E-state index in [2.05, 4.69) is 15.5 Å². The zero-order valence-electron chi connectivity index (χ0n) is 10.3. The highest BCUT2D eigenvalue weighted by atomic mass is 16.4. The SMILES string of the molecule is Cc1nnc(CN2CC(=O)NCC2C(=O)O)n1C. The van der Waals surface area contributed by atoms with Gasteiger partial charge in [0.2, 0.25) is 5.91 Å². The number of hydrogen-bond acceptors (Lipinski definition) is 5. The normalized spacial score (nSPS) is 20.8. The lowest BCUT2D eigenvalue weighted by molar-refractivity contribution is -0.146. The number of carbonyl (C=O) groups is 2. The molecule has 98 valence electrons. The van der Waals surface area contributed by atoms with Crippen LogP contribution in [0.15, 0.2) is 0 Å². The van der Waals surface area contributed by atoms with Gasteiger partial charge in [0.1, 0.15) is 17.7 Å². The number of piperazine rings is 1. The molecule has 1 unspecified atom stereocenters. The van der Waals surface area contributed by atoms with Crippen molar-refractivity contribution in [2.75, 3.05) is 13.1 Å². The quantitative estimate of drug-likeness (QED) is 0.680. The van der Waals surface area contributed by atoms with Gasteiger partial charge in [0.25, 0.3) is 0 Å². The minimum absolute atomic E-state index is 0.0584. The molecule has 0 spiro atoms. The summed E-state index contributed by atoms with van der Waals surface area (Å²) in [7, 11) is 1.81. The van der Waals surface area contributed by atoms with Crippen LogP contribution in [0.2, 0.25) is 0 Å². The Labute approximate surface area is 104 Å². The molecule has 1 saturated heterocycles. The van der Waals surface area contributed by atoms with Crippen molar-refractivity contribution in [2.24, 2.45) is 7.05 Å². The molecule has 0 radical (unpaired) electrons. The first-order valence-electron chi connectivity index (χ1n) is 5.57. The van der Waals surface area contributed by atoms with Crippen LogP contribution in [-0.2, 0) is 23.2 Å². The van der Waals surface area contributed by atoms with Crippen molar-refractivity contribution < 1.29 is 14.7 Å². The number of carboxylic acid groups (broad SMARTS) is 1. The third-order valence-corrected chi connectivity index (χ3v) is 3.09. The topological polar surface area (TPSA) is 100 Å². The van der Waals surface area contributed by atoms with Gasteiger partial charge in [-0.1, -0.05) is 0 Å². The molecule has 1 aliphatic rings. The highest BCUT2D eigenvalue weighted by Gasteiger charge is 2.32. The van der Waals surface area contributed by atoms with Crippen molar-refractivity contribution in [3.63, 3.8) is 0 Å². The van der Waals surface area contributed by atoms with E-state index < -0.39 is 12.0 Å². The van der Waals surface area contributed by atoms with Crippen LogP contribution in [0.4, 0.5) is 0 Å². The second-order valence-electron chi connectivity index (χ2n) is 4.29. The van der Waals surface area contributed by atoms with Gasteiger partial charge in [-0.2, -0.15) is 0 Å². The fraction of sp³-hybridized carbons (Fsp3) is 0.600. The maximum atomic E-state index is 11.3. The van der Waals surface area contributed by atoms with E-state index in [1.54, 1.807) is 9.47 Å². The lowest BCUT2D eigenvalue weighted by Gasteiger charge is -2.32. The molecule has 1 aromatic heterocycles. The molecule has 2 N–H and O–H groups in total. The van der Waals surface area contributed by atoms with E-state index in [9.17, 15) is 9.59 Å². The number of rotatable bonds is 3. The summed E-state index contributed by atoms with van der Waals surface area (Å²) in [5.74, 6) is 0.270. The molecule has 8 nitrogen and oxygen atoms in total. The van der Waals surface area contributed by atoms with Crippen molar-refractivity contribution in [3.8, 4) is 0 Å². The van der Waals surface area contributed by atoms with Gasteiger partial charge in [0.05, 0.1) is 13.1 Å². The first kappa shape index (κ1) is 12.5. The highest BCUT2D eigenvalue weighted by Crippen LogP contribution is 2.10. The third kappa shape index (κ3) is 2.33. The van der Waals surface area contributed by atoms with Gasteiger partial charge in [-0.15, -0.1) is 10.2 Å². The molecule has 1 aliphatic heterocycles. The van der Waals surface area contributed by atoms with Gasteiger partial charge in [0.15, 0.2) is 0 Å². The maximum absolute atomic E-state index is 11.3. The van der Waals surface area contributed by atoms with Crippen LogP contribution in [-0.4, -0.2) is 55.8 Å². The zero-order valence-corrected chi connectivity index (χ0v) is 10.3. The van der Waals surface area contributed by atoms with Crippen LogP contribution in [0.1, 0.15) is 11.6 Å². The van der Waals surface area contributed by atoms with E-state index in [4.69, 9.17) is 5.11 Å². The molecule has 0 saturated carbocycles. The van der Waals surface area contributed by atoms with Gasteiger partial charge in [-0.3, -0.25) is 14.5 Å². The fourth-order valence-electron chi connectivity index (χ4n) is 1.87. The van der Waals surface area contributed by atoms with E-state index in [0.29, 0.717) is 12.4 Å². The minimum Gasteiger partial charge on any atom is -0.480 e. The Morgan fingerprint density at radius 2 is 2.28 bits per heavy atom. The standard InChI is InChI=1S/C10H15N5O3/c1-6-12-13-8(14(6)2)4-15-5-9(16)11-3-7(15)10(17)18/h7H,3-5H2,1-2H3,(H,11,16)(H,17,18). The molecule has 0 bridgehead atoms. The second-order valence-corrected chi connectivity index (χ2v) is 4.29. The molecule has 2 rings (SSSR count). The average molecular weight is 253 g/mol. The summed E-state index contributed by atoms with van der Waals surface area (Å²) >= 11 is 0. The van der Waals surface area contributed by atoms with Crippen LogP contribution in [0.3, 0.4) is 0 Å². The number of nitrogens with zero attached hydrogens (tertiary/aromatic N) is 4. The van der Waals surface area contributed by atoms with E-state index in [1.165, 1.54) is 0 Å². The van der Waals surface area contributed by atoms with Gasteiger partial charge in [-0.25, -0.2) is 0 Å². The number of amides is 1. The molecule has 1 amide bonds. The molecular weight excluding hydrogens is 238 g/mol. The monoisotopic (exact) mass is 253 g/mol. The number of aromatic nitrogens is 3. The smallest absolute Gasteiger partial charge is 0.322 e. The largest absolute Gasteiger partial charge is 0.480 e. The first-order valence-corrected chi connectivity index (χ1v) is 5.57. The molecule has 1 aromatic rings. The van der Waals surface area contributed by atoms with Crippen LogP contribution in [0, 0.1) is 6.92 Å². The van der Waals surface area contributed by atoms with Gasteiger partial charge in [-0.05, 0) is 6.92 Å². The summed E-state index contributed by atoms with van der Waals surface area (Å²) in [4.78, 5) is 24.0. The van der Waals surface area contributed by atoms with E-state index >= 15 is 0 Å². The number of hydrogen-bond donors (Lipinski definition) is 2. The van der Waals surface area contributed by atoms with E-state index in [-0.39, 0.29) is 19.0 Å². The summed E-state index contributed by atoms with van der Waals surface area (Å²) in [6.45, 7) is 2.28. The Morgan fingerprint density at radius 3 is 2.83 bits per heavy atom. The van der Waals surface area contributed by atoms with Crippen LogP contribution < -0.4 is 5.32 Å². The van der Waals surface area contributed by atoms with Gasteiger partial charge < -0.3 is 15.0 Å². The zero-order chi connectivity index (χ0) is 13.3. The summed E-state index contributed by atoms with van der Waals surface area (Å²) < 4.78 is 1.78. The van der Waals surface area contributed by atoms with Crippen LogP contribution >= 0.6 is 0 Å². The van der Waals surface area contributed by atoms with Gasteiger partial charge >= 0.3 is 5.97 Å². The first-order chi connectivity index (χ1) is 8.49. The maximum Gasteiger partial charge on any atom is 0.322 e. The number of aliphatic carboxylic acids is 1. The van der Waals surface area contributed by atoms with Crippen molar-refractivity contribution in [1.82, 2.24) is 25.0 Å². The number of nitrogens with one attached hydrogen (secondary N) is 1. The van der Waals surface area contributed by atoms with Gasteiger partial charge in [0, 0.05) is 13.6 Å². The van der Waals surface area contributed by atoms with Crippen LogP contribution in [0.25, 0.3) is 0 Å². The molecule has 8 heteroatoms. The third-order valence-electron chi connectivity index (χ3n) is 3.09. The minimum atomic E-state index is -0.950. The Bertz CT molecular complexity index is 484. The Morgan fingerprint density at radius 1 is 1.56 bits per heavy atom. The van der Waals surface area contributed by atoms with Crippen molar-refractivity contribution >= 4 is 11.9 Å². The lowest BCUT2D eigenvalue weighted by atomic mass is 10.2. The Hall–Kier alpha value is -1.96. The molecule has 0 aliphatic carbocycles. The number of carboxylic acids is 1. The Balaban J connectivity index is 2.16. The molecule has 1 atom stereocenters. The predicted octanol–water partition coefficient (Wildman–Crippen LogP) is -1.49. The molecule has 1 fully saturated rings. The molecular formula is C10H15N5O3. The molecule has 2 heterocycles. The van der Waals surface area contributed by atoms with E-state index in [0.717, 1.165) is 5.82 Å². The fourth-order valence-corrected chi connectivity index (χ4v) is 1.87. The number of aryl methyl sites for hydroxylation is 1. The average Bonchev–Trinajstić information content (AvgIpc) is 2.61. The lowest BCUT2D eigenvalue weighted by Crippen LogP contribution is -2.57. The Kier molecular flexibility index (Phi) is 3.28. The van der Waals surface area contributed by atoms with Crippen LogP contribution in [0.5, 0.6) is 0 Å². The molecule has 0 aromatic carbocycles. The summed E-state index contributed by atoms with van der Waals surface area (Å²) in [6.07, 6.45) is 0. The van der Waals surface area contributed by atoms with Crippen molar-refractivity contribution in [3.05, 3.63) is 11.6 Å². The molecule has 18 heavy (non-hydrogen) atoms. The highest BCUT2D eigenvalue weighted by molar-refractivity contribution is 5.83. The summed E-state index contributed by atoms with van der Waals surface area (Å²) in [5.41, 5.74) is 0.